The molecule has 0 saturated carbocycles. The van der Waals surface area contributed by atoms with Gasteiger partial charge in [0, 0.05) is 10.4 Å². The molecule has 0 fully saturated rings. The van der Waals surface area contributed by atoms with Crippen molar-refractivity contribution in [3.05, 3.63) is 14.2 Å². The van der Waals surface area contributed by atoms with Gasteiger partial charge in [0.05, 0.1) is 7.11 Å². The van der Waals surface area contributed by atoms with Gasteiger partial charge in [-0.1, -0.05) is 0 Å². The second-order valence-corrected chi connectivity index (χ2v) is 5.48. The van der Waals surface area contributed by atoms with E-state index in [9.17, 15) is 0 Å². The summed E-state index contributed by atoms with van der Waals surface area (Å²) < 4.78 is 6.52. The minimum Gasteiger partial charge on any atom is -0.494 e. The van der Waals surface area contributed by atoms with Crippen LogP contribution >= 0.6 is 27.3 Å². The highest BCUT2D eigenvalue weighted by molar-refractivity contribution is 9.11. The Morgan fingerprint density at radius 3 is 2.92 bits per heavy atom. The van der Waals surface area contributed by atoms with E-state index in [-0.39, 0.29) is 0 Å². The summed E-state index contributed by atoms with van der Waals surface area (Å²) in [5, 5.41) is 3.39. The Balaban J connectivity index is 2.41. The maximum absolute atomic E-state index is 5.37. The van der Waals surface area contributed by atoms with Crippen molar-refractivity contribution in [1.29, 1.82) is 0 Å². The first-order valence-electron chi connectivity index (χ1n) is 4.37. The molecular formula is C9H12BrNOS. The van der Waals surface area contributed by atoms with E-state index in [0.717, 1.165) is 35.5 Å². The van der Waals surface area contributed by atoms with Crippen molar-refractivity contribution >= 4 is 27.3 Å². The standard InChI is InChI=1S/C9H12BrNOS/c1-12-8-6-2-4-11-5-3-7(6)13-9(8)10/h11H,2-5H2,1H3. The van der Waals surface area contributed by atoms with Crippen LogP contribution in [0.5, 0.6) is 5.75 Å². The Morgan fingerprint density at radius 1 is 1.38 bits per heavy atom. The van der Waals surface area contributed by atoms with E-state index >= 15 is 0 Å². The predicted octanol–water partition coefficient (Wildman–Crippen LogP) is 2.21. The molecule has 1 aliphatic rings. The van der Waals surface area contributed by atoms with Crippen molar-refractivity contribution in [1.82, 2.24) is 5.32 Å². The first-order chi connectivity index (χ1) is 6.33. The highest BCUT2D eigenvalue weighted by Crippen LogP contribution is 2.40. The van der Waals surface area contributed by atoms with E-state index in [1.807, 2.05) is 0 Å². The number of nitrogens with one attached hydrogen (secondary N) is 1. The Morgan fingerprint density at radius 2 is 2.15 bits per heavy atom. The third kappa shape index (κ3) is 1.75. The van der Waals surface area contributed by atoms with Gasteiger partial charge < -0.3 is 10.1 Å². The van der Waals surface area contributed by atoms with Crippen molar-refractivity contribution in [2.45, 2.75) is 12.8 Å². The minimum absolute atomic E-state index is 1.05. The fraction of sp³-hybridized carbons (Fsp3) is 0.556. The Bertz CT molecular complexity index is 311. The quantitative estimate of drug-likeness (QED) is 0.837. The number of halogens is 1. The summed E-state index contributed by atoms with van der Waals surface area (Å²) in [7, 11) is 1.74. The van der Waals surface area contributed by atoms with E-state index in [1.54, 1.807) is 18.4 Å². The number of hydrogen-bond acceptors (Lipinski definition) is 3. The third-order valence-electron chi connectivity index (χ3n) is 2.29. The molecule has 1 N–H and O–H groups in total. The molecule has 0 spiro atoms. The van der Waals surface area contributed by atoms with Gasteiger partial charge in [-0.3, -0.25) is 0 Å². The van der Waals surface area contributed by atoms with Crippen LogP contribution in [0.4, 0.5) is 0 Å². The SMILES string of the molecule is COc1c(Br)sc2c1CCNCC2. The zero-order valence-electron chi connectivity index (χ0n) is 7.52. The maximum Gasteiger partial charge on any atom is 0.147 e. The Hall–Kier alpha value is -0.0600. The normalized spacial score (nSPS) is 16.5. The second kappa shape index (κ2) is 3.98. The van der Waals surface area contributed by atoms with Crippen molar-refractivity contribution in [3.63, 3.8) is 0 Å². The Kier molecular flexibility index (Phi) is 2.91. The van der Waals surface area contributed by atoms with Crippen LogP contribution in [0.3, 0.4) is 0 Å². The van der Waals surface area contributed by atoms with E-state index in [2.05, 4.69) is 21.2 Å². The molecule has 2 nitrogen and oxygen atoms in total. The van der Waals surface area contributed by atoms with Gasteiger partial charge in [0.1, 0.15) is 9.54 Å². The lowest BCUT2D eigenvalue weighted by atomic mass is 10.1. The van der Waals surface area contributed by atoms with Crippen LogP contribution in [-0.2, 0) is 12.8 Å². The molecule has 13 heavy (non-hydrogen) atoms. The molecule has 0 amide bonds. The first kappa shape index (κ1) is 9.49. The lowest BCUT2D eigenvalue weighted by Crippen LogP contribution is -2.16. The van der Waals surface area contributed by atoms with Crippen molar-refractivity contribution in [2.75, 3.05) is 20.2 Å². The van der Waals surface area contributed by atoms with E-state index in [0.29, 0.717) is 0 Å². The van der Waals surface area contributed by atoms with Crippen molar-refractivity contribution in [3.8, 4) is 5.75 Å². The first-order valence-corrected chi connectivity index (χ1v) is 5.98. The van der Waals surface area contributed by atoms with Gasteiger partial charge in [-0.05, 0) is 41.9 Å². The lowest BCUT2D eigenvalue weighted by Gasteiger charge is -2.02. The molecule has 0 bridgehead atoms. The second-order valence-electron chi connectivity index (χ2n) is 3.06. The van der Waals surface area contributed by atoms with Crippen molar-refractivity contribution < 1.29 is 4.74 Å². The fourth-order valence-corrected chi connectivity index (χ4v) is 3.68. The van der Waals surface area contributed by atoms with Gasteiger partial charge in [0.25, 0.3) is 0 Å². The van der Waals surface area contributed by atoms with Crippen LogP contribution in [0.2, 0.25) is 0 Å². The molecule has 0 saturated heterocycles. The molecule has 0 aliphatic carbocycles. The van der Waals surface area contributed by atoms with Gasteiger partial charge in [-0.25, -0.2) is 0 Å². The van der Waals surface area contributed by atoms with Gasteiger partial charge in [-0.15, -0.1) is 11.3 Å². The van der Waals surface area contributed by atoms with Gasteiger partial charge in [0.15, 0.2) is 0 Å². The number of hydrogen-bond donors (Lipinski definition) is 1. The molecule has 0 atom stereocenters. The molecule has 72 valence electrons. The number of rotatable bonds is 1. The summed E-state index contributed by atoms with van der Waals surface area (Å²) in [4.78, 5) is 1.47. The van der Waals surface area contributed by atoms with E-state index in [1.165, 1.54) is 10.4 Å². The number of fused-ring (bicyclic) bond motifs is 1. The maximum atomic E-state index is 5.37. The van der Waals surface area contributed by atoms with Gasteiger partial charge >= 0.3 is 0 Å². The van der Waals surface area contributed by atoms with Crippen LogP contribution in [0.15, 0.2) is 3.79 Å². The van der Waals surface area contributed by atoms with Gasteiger partial charge in [0.2, 0.25) is 0 Å². The number of methoxy groups -OCH3 is 1. The third-order valence-corrected chi connectivity index (χ3v) is 4.19. The molecule has 0 unspecified atom stereocenters. The van der Waals surface area contributed by atoms with Crippen LogP contribution in [0.1, 0.15) is 10.4 Å². The number of thiophene rings is 1. The molecule has 1 aromatic rings. The summed E-state index contributed by atoms with van der Waals surface area (Å²) in [6.45, 7) is 2.15. The molecular weight excluding hydrogens is 250 g/mol. The van der Waals surface area contributed by atoms with E-state index < -0.39 is 0 Å². The molecule has 2 heterocycles. The zero-order valence-corrected chi connectivity index (χ0v) is 9.93. The lowest BCUT2D eigenvalue weighted by molar-refractivity contribution is 0.409. The molecule has 0 aromatic carbocycles. The molecule has 2 rings (SSSR count). The summed E-state index contributed by atoms with van der Waals surface area (Å²) in [5.74, 6) is 1.05. The van der Waals surface area contributed by atoms with Gasteiger partial charge in [-0.2, -0.15) is 0 Å². The average molecular weight is 262 g/mol. The topological polar surface area (TPSA) is 21.3 Å². The van der Waals surface area contributed by atoms with Crippen molar-refractivity contribution in [2.24, 2.45) is 0 Å². The molecule has 1 aromatic heterocycles. The monoisotopic (exact) mass is 261 g/mol. The van der Waals surface area contributed by atoms with E-state index in [4.69, 9.17) is 4.74 Å². The summed E-state index contributed by atoms with van der Waals surface area (Å²) in [5.41, 5.74) is 1.39. The largest absolute Gasteiger partial charge is 0.494 e. The summed E-state index contributed by atoms with van der Waals surface area (Å²) in [6, 6.07) is 0. The van der Waals surface area contributed by atoms with Crippen LogP contribution < -0.4 is 10.1 Å². The average Bonchev–Trinajstić information content (AvgIpc) is 2.32. The van der Waals surface area contributed by atoms with Crippen LogP contribution in [0, 0.1) is 0 Å². The summed E-state index contributed by atoms with van der Waals surface area (Å²) >= 11 is 5.34. The Labute approximate surface area is 90.4 Å². The zero-order chi connectivity index (χ0) is 9.26. The number of ether oxygens (including phenoxy) is 1. The smallest absolute Gasteiger partial charge is 0.147 e. The molecule has 1 aliphatic heterocycles. The highest BCUT2D eigenvalue weighted by atomic mass is 79.9. The fourth-order valence-electron chi connectivity index (χ4n) is 1.66. The van der Waals surface area contributed by atoms with Crippen LogP contribution in [-0.4, -0.2) is 20.2 Å². The predicted molar refractivity (Wildman–Crippen MR) is 58.8 cm³/mol. The molecule has 4 heteroatoms. The highest BCUT2D eigenvalue weighted by Gasteiger charge is 2.18. The molecule has 0 radical (unpaired) electrons. The van der Waals surface area contributed by atoms with Crippen LogP contribution in [0.25, 0.3) is 0 Å². The summed E-state index contributed by atoms with van der Waals surface area (Å²) in [6.07, 6.45) is 2.21. The minimum atomic E-state index is 1.05.